The van der Waals surface area contributed by atoms with Gasteiger partial charge in [-0.1, -0.05) is 26.2 Å². The molecule has 2 rings (SSSR count). The fraction of sp³-hybridized carbons (Fsp3) is 0.824. The molecule has 0 spiro atoms. The van der Waals surface area contributed by atoms with Gasteiger partial charge in [-0.3, -0.25) is 14.9 Å². The van der Waals surface area contributed by atoms with Crippen molar-refractivity contribution in [2.24, 2.45) is 5.92 Å². The van der Waals surface area contributed by atoms with Crippen LogP contribution in [0.5, 0.6) is 0 Å². The Balaban J connectivity index is 2.32. The lowest BCUT2D eigenvalue weighted by atomic mass is 9.84. The molecule has 1 amide bonds. The Hall–Kier alpha value is -1.63. The minimum absolute atomic E-state index is 0.0481. The highest BCUT2D eigenvalue weighted by Crippen LogP contribution is 2.40. The molecule has 1 saturated carbocycles. The smallest absolute Gasteiger partial charge is 0.326 e. The topological polar surface area (TPSA) is 107 Å². The van der Waals surface area contributed by atoms with Crippen molar-refractivity contribution >= 4 is 17.8 Å². The third kappa shape index (κ3) is 3.88. The maximum Gasteiger partial charge on any atom is 0.326 e. The molecule has 0 bridgehead atoms. The highest BCUT2D eigenvalue weighted by Gasteiger charge is 2.48. The van der Waals surface area contributed by atoms with Crippen molar-refractivity contribution in [1.82, 2.24) is 10.2 Å². The molecule has 136 valence electrons. The van der Waals surface area contributed by atoms with Gasteiger partial charge >= 0.3 is 11.9 Å². The average molecular weight is 343 g/mol. The predicted molar refractivity (Wildman–Crippen MR) is 87.6 cm³/mol. The number of carboxylic acid groups (broad SMARTS) is 2. The van der Waals surface area contributed by atoms with Gasteiger partial charge in [0.15, 0.2) is 0 Å². The summed E-state index contributed by atoms with van der Waals surface area (Å²) < 4.78 is 23.2. The summed E-state index contributed by atoms with van der Waals surface area (Å²) in [5, 5.41) is 21.4. The van der Waals surface area contributed by atoms with Crippen LogP contribution < -0.4 is 5.32 Å². The van der Waals surface area contributed by atoms with Crippen molar-refractivity contribution in [1.29, 1.82) is 0 Å². The summed E-state index contributed by atoms with van der Waals surface area (Å²) in [6.07, 6.45) is 4.27. The monoisotopic (exact) mass is 343 g/mol. The van der Waals surface area contributed by atoms with Gasteiger partial charge in [-0.25, -0.2) is 4.79 Å². The summed E-state index contributed by atoms with van der Waals surface area (Å²) in [6, 6.07) is -4.29. The Bertz CT molecular complexity index is 583. The van der Waals surface area contributed by atoms with E-state index in [1.165, 1.54) is 4.90 Å². The van der Waals surface area contributed by atoms with E-state index < -0.39 is 42.8 Å². The Kier molecular flexibility index (Phi) is 4.87. The molecule has 1 aliphatic heterocycles. The van der Waals surface area contributed by atoms with Gasteiger partial charge in [0.05, 0.1) is 6.04 Å². The molecule has 2 aliphatic rings. The van der Waals surface area contributed by atoms with Gasteiger partial charge in [-0.15, -0.1) is 0 Å². The highest BCUT2D eigenvalue weighted by atomic mass is 16.4. The van der Waals surface area contributed by atoms with Crippen LogP contribution >= 0.6 is 0 Å². The van der Waals surface area contributed by atoms with E-state index in [1.54, 1.807) is 6.92 Å². The molecule has 3 N–H and O–H groups in total. The second kappa shape index (κ2) is 7.96. The Labute approximate surface area is 146 Å². The minimum atomic E-state index is -2.78. The number of fused-ring (bicyclic) bond motifs is 1. The number of amides is 1. The Morgan fingerprint density at radius 3 is 2.58 bits per heavy atom. The first kappa shape index (κ1) is 14.7. The second-order valence-electron chi connectivity index (χ2n) is 6.73. The molecule has 2 fully saturated rings. The minimum Gasteiger partial charge on any atom is -0.480 e. The number of carbonyl (C=O) groups excluding carboxylic acids is 1. The molecule has 0 aromatic rings. The van der Waals surface area contributed by atoms with Crippen LogP contribution in [0.3, 0.4) is 0 Å². The number of hydrogen-bond donors (Lipinski definition) is 3. The Morgan fingerprint density at radius 2 is 2.00 bits per heavy atom. The van der Waals surface area contributed by atoms with Crippen molar-refractivity contribution in [3.8, 4) is 0 Å². The van der Waals surface area contributed by atoms with Crippen LogP contribution in [0.15, 0.2) is 0 Å². The quantitative estimate of drug-likeness (QED) is 0.646. The molecular formula is C17H28N2O5. The summed E-state index contributed by atoms with van der Waals surface area (Å²) in [5.41, 5.74) is 0. The molecular weight excluding hydrogens is 312 g/mol. The molecule has 24 heavy (non-hydrogen) atoms. The molecule has 0 aromatic carbocycles. The van der Waals surface area contributed by atoms with E-state index in [-0.39, 0.29) is 18.4 Å². The molecule has 1 aliphatic carbocycles. The number of aliphatic carboxylic acids is 2. The zero-order valence-corrected chi connectivity index (χ0v) is 13.9. The lowest BCUT2D eigenvalue weighted by Crippen LogP contribution is -2.55. The van der Waals surface area contributed by atoms with Crippen molar-refractivity contribution in [2.45, 2.75) is 82.9 Å². The molecule has 7 heteroatoms. The molecule has 7 nitrogen and oxygen atoms in total. The van der Waals surface area contributed by atoms with Crippen molar-refractivity contribution in [3.05, 3.63) is 0 Å². The van der Waals surface area contributed by atoms with Gasteiger partial charge in [0.2, 0.25) is 5.91 Å². The van der Waals surface area contributed by atoms with Crippen molar-refractivity contribution in [2.75, 3.05) is 0 Å². The van der Waals surface area contributed by atoms with E-state index in [9.17, 15) is 24.6 Å². The maximum atomic E-state index is 13.2. The summed E-state index contributed by atoms with van der Waals surface area (Å²) in [5.74, 6) is -3.16. The van der Waals surface area contributed by atoms with E-state index >= 15 is 0 Å². The molecule has 1 heterocycles. The fourth-order valence-corrected chi connectivity index (χ4v) is 3.99. The van der Waals surface area contributed by atoms with Gasteiger partial charge < -0.3 is 15.1 Å². The standard InChI is InChI=1S/C17H28N2O5/c1-3-6-12(16(21)22)18-10(2)15(20)19-13-8-5-4-7-11(13)9-14(19)17(23)24/h10-14,18H,3-9H2,1-2H3,(H,21,22)(H,23,24)/t10-,11-,12-,13-,14-/m0/s1/i2D3. The van der Waals surface area contributed by atoms with Crippen molar-refractivity contribution in [3.63, 3.8) is 0 Å². The van der Waals surface area contributed by atoms with Crippen LogP contribution in [-0.4, -0.2) is 57.1 Å². The highest BCUT2D eigenvalue weighted by molar-refractivity contribution is 5.88. The fourth-order valence-electron chi connectivity index (χ4n) is 3.99. The molecule has 0 unspecified atom stereocenters. The van der Waals surface area contributed by atoms with Gasteiger partial charge in [-0.2, -0.15) is 0 Å². The number of carbonyl (C=O) groups is 3. The maximum absolute atomic E-state index is 13.2. The second-order valence-corrected chi connectivity index (χ2v) is 6.73. The molecule has 1 saturated heterocycles. The molecule has 0 radical (unpaired) electrons. The number of rotatable bonds is 7. The van der Waals surface area contributed by atoms with Crippen LogP contribution in [0.1, 0.15) is 62.8 Å². The first-order valence-corrected chi connectivity index (χ1v) is 8.61. The van der Waals surface area contributed by atoms with Gasteiger partial charge in [0, 0.05) is 10.2 Å². The third-order valence-electron chi connectivity index (χ3n) is 5.12. The predicted octanol–water partition coefficient (Wildman–Crippen LogP) is 1.46. The van der Waals surface area contributed by atoms with E-state index in [2.05, 4.69) is 5.32 Å². The van der Waals surface area contributed by atoms with Crippen LogP contribution in [0.4, 0.5) is 0 Å². The number of carboxylic acids is 2. The largest absolute Gasteiger partial charge is 0.480 e. The number of hydrogen-bond acceptors (Lipinski definition) is 4. The van der Waals surface area contributed by atoms with E-state index in [0.717, 1.165) is 19.3 Å². The van der Waals surface area contributed by atoms with E-state index in [4.69, 9.17) is 4.11 Å². The number of likely N-dealkylation sites (tertiary alicyclic amines) is 1. The van der Waals surface area contributed by atoms with Crippen LogP contribution in [0, 0.1) is 5.92 Å². The lowest BCUT2D eigenvalue weighted by molar-refractivity contribution is -0.151. The summed E-state index contributed by atoms with van der Waals surface area (Å²) >= 11 is 0. The average Bonchev–Trinajstić information content (AvgIpc) is 2.96. The number of nitrogens with one attached hydrogen (secondary N) is 1. The molecule has 5 atom stereocenters. The van der Waals surface area contributed by atoms with Gasteiger partial charge in [0.25, 0.3) is 0 Å². The first-order chi connectivity index (χ1) is 12.6. The third-order valence-corrected chi connectivity index (χ3v) is 5.12. The SMILES string of the molecule is [2H]C([2H])([2H])[C@H](N[C@@H](CCC)C(=O)O)C(=O)N1[C@H](C(=O)O)C[C@@H]2CCCC[C@@H]21. The van der Waals surface area contributed by atoms with Crippen LogP contribution in [-0.2, 0) is 14.4 Å². The summed E-state index contributed by atoms with van der Waals surface area (Å²) in [7, 11) is 0. The van der Waals surface area contributed by atoms with Crippen LogP contribution in [0.2, 0.25) is 0 Å². The Morgan fingerprint density at radius 1 is 1.29 bits per heavy atom. The van der Waals surface area contributed by atoms with E-state index in [1.807, 2.05) is 0 Å². The van der Waals surface area contributed by atoms with Crippen molar-refractivity contribution < 1.29 is 28.7 Å². The zero-order chi connectivity index (χ0) is 20.4. The first-order valence-electron chi connectivity index (χ1n) is 10.1. The van der Waals surface area contributed by atoms with Crippen LogP contribution in [0.25, 0.3) is 0 Å². The van der Waals surface area contributed by atoms with E-state index in [0.29, 0.717) is 19.3 Å². The summed E-state index contributed by atoms with van der Waals surface area (Å²) in [6.45, 7) is -1.02. The summed E-state index contributed by atoms with van der Waals surface area (Å²) in [4.78, 5) is 37.5. The molecule has 0 aromatic heterocycles. The normalized spacial score (nSPS) is 31.3. The lowest BCUT2D eigenvalue weighted by Gasteiger charge is -2.35. The van der Waals surface area contributed by atoms with Gasteiger partial charge in [-0.05, 0) is 38.5 Å². The number of nitrogens with zero attached hydrogens (tertiary/aromatic N) is 1. The zero-order valence-electron chi connectivity index (χ0n) is 16.9. The van der Waals surface area contributed by atoms with Gasteiger partial charge in [0.1, 0.15) is 12.1 Å².